The van der Waals surface area contributed by atoms with Crippen LogP contribution in [0.3, 0.4) is 0 Å². The largest absolute Gasteiger partial charge is 0.480 e. The number of hydrogen-bond donors (Lipinski definition) is 3. The van der Waals surface area contributed by atoms with Crippen LogP contribution in [0.1, 0.15) is 27.1 Å². The summed E-state index contributed by atoms with van der Waals surface area (Å²) in [5.74, 6) is -0.438. The van der Waals surface area contributed by atoms with Crippen molar-refractivity contribution >= 4 is 31.2 Å². The van der Waals surface area contributed by atoms with Crippen LogP contribution in [0.25, 0.3) is 0 Å². The highest BCUT2D eigenvalue weighted by molar-refractivity contribution is 7.80. The molecule has 0 aliphatic heterocycles. The molecule has 6 heteroatoms. The molecular weight excluding hydrogens is 254 g/mol. The first-order chi connectivity index (χ1) is 8.56. The molecule has 0 saturated heterocycles. The van der Waals surface area contributed by atoms with Crippen LogP contribution >= 0.6 is 12.6 Å². The van der Waals surface area contributed by atoms with Crippen molar-refractivity contribution < 1.29 is 19.5 Å². The highest BCUT2D eigenvalue weighted by Gasteiger charge is 2.08. The first kappa shape index (κ1) is 16.3. The van der Waals surface area contributed by atoms with Gasteiger partial charge in [-0.25, -0.2) is 0 Å². The van der Waals surface area contributed by atoms with E-state index in [0.717, 1.165) is 0 Å². The zero-order chi connectivity index (χ0) is 14.0. The van der Waals surface area contributed by atoms with Crippen molar-refractivity contribution in [1.82, 2.24) is 0 Å². The van der Waals surface area contributed by atoms with Crippen molar-refractivity contribution in [2.24, 2.45) is 5.73 Å². The summed E-state index contributed by atoms with van der Waals surface area (Å²) < 4.78 is 0. The van der Waals surface area contributed by atoms with Gasteiger partial charge >= 0.3 is 5.97 Å². The van der Waals surface area contributed by atoms with Gasteiger partial charge in [-0.3, -0.25) is 14.4 Å². The number of carbonyl (C=O) groups excluding carboxylic acids is 2. The Bertz CT molecular complexity index is 382. The van der Waals surface area contributed by atoms with Crippen molar-refractivity contribution in [2.45, 2.75) is 12.5 Å². The molecule has 1 rings (SSSR count). The standard InChI is InChI=1S/C8H6O2.C4H9NO2S/c9-5-7-3-1-2-4-8(7)6-10;5-3(1-2-8)4(6)7/h1-6H;3,8H,1-2,5H2,(H,6,7)/t;3-/m.0/s1. The van der Waals surface area contributed by atoms with E-state index in [4.69, 9.17) is 10.8 Å². The summed E-state index contributed by atoms with van der Waals surface area (Å²) in [7, 11) is 0. The number of carboxylic acid groups (broad SMARTS) is 1. The van der Waals surface area contributed by atoms with Crippen LogP contribution < -0.4 is 5.73 Å². The van der Waals surface area contributed by atoms with Crippen molar-refractivity contribution in [3.63, 3.8) is 0 Å². The van der Waals surface area contributed by atoms with Crippen molar-refractivity contribution in [3.05, 3.63) is 35.4 Å². The molecule has 5 nitrogen and oxygen atoms in total. The molecule has 0 unspecified atom stereocenters. The van der Waals surface area contributed by atoms with E-state index >= 15 is 0 Å². The SMILES string of the molecule is N[C@@H](CCS)C(=O)O.O=Cc1ccccc1C=O. The Morgan fingerprint density at radius 3 is 1.94 bits per heavy atom. The molecule has 0 aliphatic rings. The lowest BCUT2D eigenvalue weighted by Gasteiger charge is -2.00. The molecule has 0 aliphatic carbocycles. The van der Waals surface area contributed by atoms with Crippen LogP contribution in [-0.2, 0) is 4.79 Å². The molecule has 1 aromatic carbocycles. The van der Waals surface area contributed by atoms with Crippen LogP contribution in [0.15, 0.2) is 24.3 Å². The predicted octanol–water partition coefficient (Wildman–Crippen LogP) is 1.03. The van der Waals surface area contributed by atoms with E-state index in [0.29, 0.717) is 35.9 Å². The lowest BCUT2D eigenvalue weighted by atomic mass is 10.1. The lowest BCUT2D eigenvalue weighted by molar-refractivity contribution is -0.138. The number of carbonyl (C=O) groups is 3. The van der Waals surface area contributed by atoms with Gasteiger partial charge < -0.3 is 10.8 Å². The maximum atomic E-state index is 10.2. The van der Waals surface area contributed by atoms with E-state index in [1.165, 1.54) is 0 Å². The smallest absolute Gasteiger partial charge is 0.320 e. The van der Waals surface area contributed by atoms with Gasteiger partial charge in [-0.05, 0) is 12.2 Å². The Hall–Kier alpha value is -1.66. The van der Waals surface area contributed by atoms with Crippen LogP contribution in [0.4, 0.5) is 0 Å². The summed E-state index contributed by atoms with van der Waals surface area (Å²) in [4.78, 5) is 30.4. The molecule has 98 valence electrons. The Kier molecular flexibility index (Phi) is 8.51. The fourth-order valence-corrected chi connectivity index (χ4v) is 1.27. The average molecular weight is 269 g/mol. The van der Waals surface area contributed by atoms with E-state index in [-0.39, 0.29) is 0 Å². The fraction of sp³-hybridized carbons (Fsp3) is 0.250. The van der Waals surface area contributed by atoms with E-state index in [1.807, 2.05) is 0 Å². The lowest BCUT2D eigenvalue weighted by Crippen LogP contribution is -2.30. The van der Waals surface area contributed by atoms with Gasteiger partial charge in [0.1, 0.15) is 6.04 Å². The van der Waals surface area contributed by atoms with Crippen molar-refractivity contribution in [1.29, 1.82) is 0 Å². The first-order valence-electron chi connectivity index (χ1n) is 5.15. The molecular formula is C12H15NO4S. The highest BCUT2D eigenvalue weighted by Crippen LogP contribution is 2.01. The molecule has 0 heterocycles. The van der Waals surface area contributed by atoms with Crippen molar-refractivity contribution in [3.8, 4) is 0 Å². The van der Waals surface area contributed by atoms with Gasteiger partial charge in [0.15, 0.2) is 12.6 Å². The van der Waals surface area contributed by atoms with Gasteiger partial charge in [-0.1, -0.05) is 24.3 Å². The molecule has 0 amide bonds. The molecule has 0 fully saturated rings. The summed E-state index contributed by atoms with van der Waals surface area (Å²) >= 11 is 3.81. The molecule has 0 bridgehead atoms. The second-order valence-electron chi connectivity index (χ2n) is 3.32. The first-order valence-corrected chi connectivity index (χ1v) is 5.78. The summed E-state index contributed by atoms with van der Waals surface area (Å²) in [6.45, 7) is 0. The van der Waals surface area contributed by atoms with Crippen LogP contribution in [0.5, 0.6) is 0 Å². The Labute approximate surface area is 110 Å². The molecule has 0 radical (unpaired) electrons. The molecule has 0 saturated carbocycles. The summed E-state index contributed by atoms with van der Waals surface area (Å²) in [5.41, 5.74) is 5.96. The fourth-order valence-electron chi connectivity index (χ4n) is 0.988. The monoisotopic (exact) mass is 269 g/mol. The molecule has 0 aromatic heterocycles. The van der Waals surface area contributed by atoms with Gasteiger partial charge in [0.25, 0.3) is 0 Å². The summed E-state index contributed by atoms with van der Waals surface area (Å²) in [6.07, 6.45) is 1.77. The van der Waals surface area contributed by atoms with Gasteiger partial charge in [0.2, 0.25) is 0 Å². The number of aldehydes is 2. The van der Waals surface area contributed by atoms with E-state index in [1.54, 1.807) is 24.3 Å². The average Bonchev–Trinajstić information content (AvgIpc) is 2.39. The number of thiol groups is 1. The number of carboxylic acids is 1. The van der Waals surface area contributed by atoms with E-state index in [2.05, 4.69) is 12.6 Å². The Morgan fingerprint density at radius 1 is 1.28 bits per heavy atom. The maximum absolute atomic E-state index is 10.2. The second-order valence-corrected chi connectivity index (χ2v) is 3.77. The number of aliphatic carboxylic acids is 1. The molecule has 1 aromatic rings. The zero-order valence-corrected chi connectivity index (χ0v) is 10.5. The summed E-state index contributed by atoms with van der Waals surface area (Å²) in [6, 6.07) is 5.91. The number of nitrogens with two attached hydrogens (primary N) is 1. The van der Waals surface area contributed by atoms with Gasteiger partial charge in [0, 0.05) is 11.1 Å². The number of hydrogen-bond acceptors (Lipinski definition) is 5. The quantitative estimate of drug-likeness (QED) is 0.548. The van der Waals surface area contributed by atoms with Crippen molar-refractivity contribution in [2.75, 3.05) is 5.75 Å². The van der Waals surface area contributed by atoms with Crippen LogP contribution in [0.2, 0.25) is 0 Å². The normalized spacial score (nSPS) is 10.8. The van der Waals surface area contributed by atoms with Gasteiger partial charge in [-0.2, -0.15) is 12.6 Å². The topological polar surface area (TPSA) is 97.5 Å². The highest BCUT2D eigenvalue weighted by atomic mass is 32.1. The minimum Gasteiger partial charge on any atom is -0.480 e. The maximum Gasteiger partial charge on any atom is 0.320 e. The number of benzene rings is 1. The third-order valence-corrected chi connectivity index (χ3v) is 2.27. The molecule has 18 heavy (non-hydrogen) atoms. The third kappa shape index (κ3) is 6.17. The molecule has 0 spiro atoms. The van der Waals surface area contributed by atoms with Gasteiger partial charge in [-0.15, -0.1) is 0 Å². The summed E-state index contributed by atoms with van der Waals surface area (Å²) in [5, 5.41) is 8.15. The molecule has 1 atom stereocenters. The molecule has 3 N–H and O–H groups in total. The van der Waals surface area contributed by atoms with Gasteiger partial charge in [0.05, 0.1) is 0 Å². The predicted molar refractivity (Wildman–Crippen MR) is 71.3 cm³/mol. The van der Waals surface area contributed by atoms with Crippen LogP contribution in [0, 0.1) is 0 Å². The van der Waals surface area contributed by atoms with E-state index < -0.39 is 12.0 Å². The number of rotatable bonds is 5. The van der Waals surface area contributed by atoms with Crippen LogP contribution in [-0.4, -0.2) is 35.4 Å². The Balaban J connectivity index is 0.000000331. The minimum absolute atomic E-state index is 0.429. The zero-order valence-electron chi connectivity index (χ0n) is 9.65. The minimum atomic E-state index is -0.959. The van der Waals surface area contributed by atoms with E-state index in [9.17, 15) is 14.4 Å². The Morgan fingerprint density at radius 2 is 1.72 bits per heavy atom. The second kappa shape index (κ2) is 9.38. The third-order valence-electron chi connectivity index (χ3n) is 2.01.